The lowest BCUT2D eigenvalue weighted by Gasteiger charge is -2.30. The molecule has 0 radical (unpaired) electrons. The second-order valence-electron chi connectivity index (χ2n) is 7.63. The summed E-state index contributed by atoms with van der Waals surface area (Å²) in [5, 5.41) is 2.73. The van der Waals surface area contributed by atoms with Crippen LogP contribution in [0.3, 0.4) is 0 Å². The van der Waals surface area contributed by atoms with Gasteiger partial charge in [-0.15, -0.1) is 0 Å². The number of nitrogens with one attached hydrogen (secondary N) is 1. The first-order valence-corrected chi connectivity index (χ1v) is 9.58. The van der Waals surface area contributed by atoms with Gasteiger partial charge in [-0.1, -0.05) is 0 Å². The molecule has 29 heavy (non-hydrogen) atoms. The van der Waals surface area contributed by atoms with Gasteiger partial charge in [-0.3, -0.25) is 9.59 Å². The number of carbonyl (C=O) groups excluding carboxylic acids is 3. The first-order chi connectivity index (χ1) is 13.6. The van der Waals surface area contributed by atoms with Crippen molar-refractivity contribution in [2.75, 3.05) is 18.5 Å². The van der Waals surface area contributed by atoms with Crippen molar-refractivity contribution in [2.24, 2.45) is 11.8 Å². The van der Waals surface area contributed by atoms with Crippen LogP contribution in [-0.4, -0.2) is 48.1 Å². The summed E-state index contributed by atoms with van der Waals surface area (Å²) in [7, 11) is 0. The molecule has 2 fully saturated rings. The molecule has 158 valence electrons. The molecule has 1 N–H and O–H groups in total. The summed E-state index contributed by atoms with van der Waals surface area (Å²) >= 11 is 0. The third-order valence-electron chi connectivity index (χ3n) is 5.13. The topological polar surface area (TPSA) is 75.7 Å². The third kappa shape index (κ3) is 6.20. The number of alkyl halides is 3. The lowest BCUT2D eigenvalue weighted by atomic mass is 10.2. The van der Waals surface area contributed by atoms with Crippen LogP contribution in [0.2, 0.25) is 0 Å². The fourth-order valence-electron chi connectivity index (χ4n) is 3.06. The molecule has 0 heterocycles. The van der Waals surface area contributed by atoms with Crippen LogP contribution in [0.4, 0.5) is 18.9 Å². The summed E-state index contributed by atoms with van der Waals surface area (Å²) < 4.78 is 43.4. The number of rotatable bonds is 8. The molecule has 2 aliphatic rings. The van der Waals surface area contributed by atoms with Crippen molar-refractivity contribution in [3.63, 3.8) is 0 Å². The molecule has 1 aromatic rings. The summed E-state index contributed by atoms with van der Waals surface area (Å²) in [6.45, 7) is -0.541. The molecule has 0 spiro atoms. The zero-order chi connectivity index (χ0) is 21.2. The van der Waals surface area contributed by atoms with Crippen LogP contribution in [0.5, 0.6) is 0 Å². The van der Waals surface area contributed by atoms with Crippen molar-refractivity contribution < 1.29 is 32.3 Å². The average Bonchev–Trinajstić information content (AvgIpc) is 3.55. The Morgan fingerprint density at radius 2 is 1.76 bits per heavy atom. The maximum absolute atomic E-state index is 12.8. The Balaban J connectivity index is 1.53. The number of carbonyl (C=O) groups is 3. The van der Waals surface area contributed by atoms with Crippen LogP contribution in [-0.2, 0) is 14.3 Å². The van der Waals surface area contributed by atoms with Gasteiger partial charge in [-0.05, 0) is 62.8 Å². The van der Waals surface area contributed by atoms with E-state index in [1.54, 1.807) is 6.92 Å². The Morgan fingerprint density at radius 1 is 1.14 bits per heavy atom. The number of benzene rings is 1. The fourth-order valence-corrected chi connectivity index (χ4v) is 3.06. The van der Waals surface area contributed by atoms with Crippen LogP contribution in [0.15, 0.2) is 24.3 Å². The molecule has 0 unspecified atom stereocenters. The monoisotopic (exact) mass is 412 g/mol. The Labute approximate surface area is 166 Å². The second kappa shape index (κ2) is 8.42. The van der Waals surface area contributed by atoms with E-state index >= 15 is 0 Å². The SMILES string of the molecule is C[C@@H](C1CC1)N(CC(F)(F)F)C(=O)COC(=O)c1ccc(NC(=O)C2CC2)cc1. The molecule has 2 amide bonds. The Morgan fingerprint density at radius 3 is 2.28 bits per heavy atom. The van der Waals surface area contributed by atoms with Gasteiger partial charge in [0.15, 0.2) is 6.61 Å². The second-order valence-corrected chi connectivity index (χ2v) is 7.63. The molecular weight excluding hydrogens is 389 g/mol. The largest absolute Gasteiger partial charge is 0.452 e. The molecule has 0 bridgehead atoms. The summed E-state index contributed by atoms with van der Waals surface area (Å²) in [5.41, 5.74) is 0.670. The van der Waals surface area contributed by atoms with Crippen molar-refractivity contribution in [3.05, 3.63) is 29.8 Å². The van der Waals surface area contributed by atoms with E-state index < -0.39 is 37.2 Å². The highest BCUT2D eigenvalue weighted by atomic mass is 19.4. The van der Waals surface area contributed by atoms with E-state index in [2.05, 4.69) is 5.32 Å². The van der Waals surface area contributed by atoms with Crippen molar-refractivity contribution in [2.45, 2.75) is 44.8 Å². The van der Waals surface area contributed by atoms with Crippen molar-refractivity contribution in [1.29, 1.82) is 0 Å². The van der Waals surface area contributed by atoms with Gasteiger partial charge in [-0.25, -0.2) is 4.79 Å². The molecule has 9 heteroatoms. The van der Waals surface area contributed by atoms with E-state index in [-0.39, 0.29) is 23.3 Å². The molecule has 0 aliphatic heterocycles. The van der Waals surface area contributed by atoms with Gasteiger partial charge in [0.1, 0.15) is 6.54 Å². The normalized spacial score (nSPS) is 17.4. The summed E-state index contributed by atoms with van der Waals surface area (Å²) in [6.07, 6.45) is -1.22. The van der Waals surface area contributed by atoms with Crippen LogP contribution in [0.1, 0.15) is 43.0 Å². The smallest absolute Gasteiger partial charge is 0.406 e. The van der Waals surface area contributed by atoms with E-state index in [9.17, 15) is 27.6 Å². The Bertz CT molecular complexity index is 771. The average molecular weight is 412 g/mol. The first-order valence-electron chi connectivity index (χ1n) is 9.58. The van der Waals surface area contributed by atoms with E-state index in [4.69, 9.17) is 4.74 Å². The lowest BCUT2D eigenvalue weighted by Crippen LogP contribution is -2.47. The standard InChI is InChI=1S/C20H23F3N2O4/c1-12(13-2-3-13)25(11-20(21,22)23)17(26)10-29-19(28)15-6-8-16(9-7-15)24-18(27)14-4-5-14/h6-9,12-14H,2-5,10-11H2,1H3,(H,24,27)/t12-/m0/s1. The van der Waals surface area contributed by atoms with E-state index in [1.165, 1.54) is 24.3 Å². The van der Waals surface area contributed by atoms with Crippen molar-refractivity contribution in [1.82, 2.24) is 4.90 Å². The minimum absolute atomic E-state index is 0.0447. The Kier molecular flexibility index (Phi) is 6.14. The van der Waals surface area contributed by atoms with Gasteiger partial charge in [0.05, 0.1) is 5.56 Å². The first kappa shape index (κ1) is 21.1. The van der Waals surface area contributed by atoms with Crippen LogP contribution < -0.4 is 5.32 Å². The number of halogens is 3. The number of nitrogens with zero attached hydrogens (tertiary/aromatic N) is 1. The molecule has 2 saturated carbocycles. The predicted molar refractivity (Wildman–Crippen MR) is 98.0 cm³/mol. The summed E-state index contributed by atoms with van der Waals surface area (Å²) in [5.74, 6) is -1.66. The van der Waals surface area contributed by atoms with Crippen LogP contribution in [0, 0.1) is 11.8 Å². The predicted octanol–water partition coefficient (Wildman–Crippen LogP) is 3.38. The Hall–Kier alpha value is -2.58. The van der Waals surface area contributed by atoms with Gasteiger partial charge < -0.3 is 15.0 Å². The maximum atomic E-state index is 12.8. The van der Waals surface area contributed by atoms with E-state index in [1.807, 2.05) is 0 Å². The molecular formula is C20H23F3N2O4. The lowest BCUT2D eigenvalue weighted by molar-refractivity contribution is -0.167. The van der Waals surface area contributed by atoms with E-state index in [0.717, 1.165) is 30.6 Å². The maximum Gasteiger partial charge on any atom is 0.406 e. The number of anilines is 1. The minimum atomic E-state index is -4.52. The van der Waals surface area contributed by atoms with Gasteiger partial charge in [0.25, 0.3) is 5.91 Å². The number of ether oxygens (including phenoxy) is 1. The van der Waals surface area contributed by atoms with Gasteiger partial charge in [-0.2, -0.15) is 13.2 Å². The quantitative estimate of drug-likeness (QED) is 0.665. The molecule has 1 atom stereocenters. The van der Waals surface area contributed by atoms with Crippen molar-refractivity contribution >= 4 is 23.5 Å². The zero-order valence-corrected chi connectivity index (χ0v) is 16.0. The van der Waals surface area contributed by atoms with Gasteiger partial charge in [0.2, 0.25) is 5.91 Å². The fraction of sp³-hybridized carbons (Fsp3) is 0.550. The highest BCUT2D eigenvalue weighted by molar-refractivity contribution is 5.95. The molecule has 0 saturated heterocycles. The van der Waals surface area contributed by atoms with Crippen molar-refractivity contribution in [3.8, 4) is 0 Å². The third-order valence-corrected chi connectivity index (χ3v) is 5.13. The summed E-state index contributed by atoms with van der Waals surface area (Å²) in [6, 6.07) is 5.36. The molecule has 0 aromatic heterocycles. The zero-order valence-electron chi connectivity index (χ0n) is 16.0. The van der Waals surface area contributed by atoms with Gasteiger partial charge in [0, 0.05) is 17.6 Å². The van der Waals surface area contributed by atoms with E-state index in [0.29, 0.717) is 5.69 Å². The van der Waals surface area contributed by atoms with Crippen LogP contribution in [0.25, 0.3) is 0 Å². The molecule has 2 aliphatic carbocycles. The summed E-state index contributed by atoms with van der Waals surface area (Å²) in [4.78, 5) is 36.9. The molecule has 1 aromatic carbocycles. The highest BCUT2D eigenvalue weighted by Crippen LogP contribution is 2.36. The van der Waals surface area contributed by atoms with Crippen LogP contribution >= 0.6 is 0 Å². The molecule has 6 nitrogen and oxygen atoms in total. The number of hydrogen-bond donors (Lipinski definition) is 1. The highest BCUT2D eigenvalue weighted by Gasteiger charge is 2.40. The number of amides is 2. The molecule has 3 rings (SSSR count). The van der Waals surface area contributed by atoms with Gasteiger partial charge >= 0.3 is 12.1 Å². The number of esters is 1. The minimum Gasteiger partial charge on any atom is -0.452 e. The number of hydrogen-bond acceptors (Lipinski definition) is 4.